The predicted octanol–water partition coefficient (Wildman–Crippen LogP) is -1.14. The Bertz CT molecular complexity index is 1440. The van der Waals surface area contributed by atoms with Crippen molar-refractivity contribution < 1.29 is 64.2 Å². The first-order chi connectivity index (χ1) is 19.5. The summed E-state index contributed by atoms with van der Waals surface area (Å²) >= 11 is 0. The lowest BCUT2D eigenvalue weighted by molar-refractivity contribution is -0.336. The van der Waals surface area contributed by atoms with Crippen LogP contribution in [-0.2, 0) is 14.2 Å². The van der Waals surface area contributed by atoms with Crippen LogP contribution in [0.25, 0.3) is 22.3 Å². The van der Waals surface area contributed by atoms with Gasteiger partial charge >= 0.3 is 0 Å². The van der Waals surface area contributed by atoms with E-state index >= 15 is 0 Å². The predicted molar refractivity (Wildman–Crippen MR) is 137 cm³/mol. The van der Waals surface area contributed by atoms with Crippen molar-refractivity contribution in [2.75, 3.05) is 20.3 Å². The molecule has 0 bridgehead atoms. The molecule has 222 valence electrons. The van der Waals surface area contributed by atoms with Gasteiger partial charge in [-0.25, -0.2) is 0 Å². The Morgan fingerprint density at radius 2 is 1.66 bits per heavy atom. The lowest BCUT2D eigenvalue weighted by Gasteiger charge is -2.44. The van der Waals surface area contributed by atoms with E-state index in [1.165, 1.54) is 37.4 Å². The molecule has 2 fully saturated rings. The molecule has 8 N–H and O–H groups in total. The normalized spacial score (nSPS) is 32.2. The fraction of sp³-hybridized carbons (Fsp3) is 0.444. The van der Waals surface area contributed by atoms with E-state index in [2.05, 4.69) is 0 Å². The smallest absolute Gasteiger partial charge is 0.197 e. The molecule has 3 heterocycles. The highest BCUT2D eigenvalue weighted by atomic mass is 16.7. The number of hydrogen-bond donors (Lipinski definition) is 8. The number of phenolic OH excluding ortho intramolecular Hbond substituents is 2. The van der Waals surface area contributed by atoms with Crippen LogP contribution in [0.1, 0.15) is 11.7 Å². The topological polar surface area (TPSA) is 229 Å². The van der Waals surface area contributed by atoms with Gasteiger partial charge in [-0.05, 0) is 24.3 Å². The first kappa shape index (κ1) is 29.2. The fourth-order valence-corrected chi connectivity index (χ4v) is 5.03. The van der Waals surface area contributed by atoms with Crippen LogP contribution in [0.2, 0.25) is 0 Å². The number of aromatic hydroxyl groups is 2. The lowest BCUT2D eigenvalue weighted by atomic mass is 9.91. The van der Waals surface area contributed by atoms with Crippen molar-refractivity contribution >= 4 is 11.0 Å². The van der Waals surface area contributed by atoms with E-state index in [4.69, 9.17) is 23.4 Å². The molecule has 2 saturated heterocycles. The van der Waals surface area contributed by atoms with Gasteiger partial charge in [0.2, 0.25) is 0 Å². The first-order valence-corrected chi connectivity index (χ1v) is 12.7. The molecular formula is C27H30O14. The summed E-state index contributed by atoms with van der Waals surface area (Å²) in [5, 5.41) is 82.0. The highest BCUT2D eigenvalue weighted by Crippen LogP contribution is 2.45. The molecule has 41 heavy (non-hydrogen) atoms. The van der Waals surface area contributed by atoms with Crippen LogP contribution < -0.4 is 10.2 Å². The molecule has 0 aliphatic carbocycles. The number of methoxy groups -OCH3 is 1. The summed E-state index contributed by atoms with van der Waals surface area (Å²) in [5.74, 6) is -0.507. The third-order valence-electron chi connectivity index (χ3n) is 7.27. The van der Waals surface area contributed by atoms with Gasteiger partial charge in [0.25, 0.3) is 0 Å². The van der Waals surface area contributed by atoms with Crippen molar-refractivity contribution in [1.29, 1.82) is 0 Å². The number of aliphatic hydroxyl groups is 6. The lowest BCUT2D eigenvalue weighted by Crippen LogP contribution is -2.61. The largest absolute Gasteiger partial charge is 0.508 e. The standard InChI is InChI=1S/C27H30O14/c1-37-15-7-16-18(12(30)6-14(39-16)10-2-4-11(29)5-3-10)22(34)19(15)25-26(20(32)13(31)9-38-25)41-27-24(36)23(35)21(33)17(8-28)40-27/h2-7,13,17,20-21,23-29,31-36H,8-9H2,1H3. The molecule has 3 aromatic rings. The average molecular weight is 579 g/mol. The molecule has 2 aromatic carbocycles. The third-order valence-corrected chi connectivity index (χ3v) is 7.27. The van der Waals surface area contributed by atoms with E-state index in [0.29, 0.717) is 5.56 Å². The van der Waals surface area contributed by atoms with E-state index in [9.17, 15) is 45.6 Å². The van der Waals surface area contributed by atoms with Gasteiger partial charge in [0.15, 0.2) is 11.7 Å². The summed E-state index contributed by atoms with van der Waals surface area (Å²) < 4.78 is 28.2. The quantitative estimate of drug-likeness (QED) is 0.173. The maximum absolute atomic E-state index is 13.2. The van der Waals surface area contributed by atoms with Crippen molar-refractivity contribution in [2.24, 2.45) is 0 Å². The van der Waals surface area contributed by atoms with Gasteiger partial charge in [0.05, 0.1) is 25.9 Å². The Balaban J connectivity index is 1.57. The summed E-state index contributed by atoms with van der Waals surface area (Å²) in [6.45, 7) is -1.16. The molecule has 2 aliphatic rings. The van der Waals surface area contributed by atoms with Crippen molar-refractivity contribution in [2.45, 2.75) is 55.1 Å². The molecule has 14 heteroatoms. The maximum atomic E-state index is 13.2. The summed E-state index contributed by atoms with van der Waals surface area (Å²) in [4.78, 5) is 13.2. The Labute approximate surface area is 231 Å². The molecule has 9 unspecified atom stereocenters. The molecule has 1 aromatic heterocycles. The minimum absolute atomic E-state index is 0.0149. The molecule has 5 rings (SSSR count). The van der Waals surface area contributed by atoms with Crippen LogP contribution in [0.4, 0.5) is 0 Å². The zero-order valence-corrected chi connectivity index (χ0v) is 21.6. The van der Waals surface area contributed by atoms with E-state index in [1.54, 1.807) is 0 Å². The van der Waals surface area contributed by atoms with Gasteiger partial charge in [0, 0.05) is 17.7 Å². The number of benzene rings is 2. The number of ether oxygens (including phenoxy) is 4. The molecular weight excluding hydrogens is 548 g/mol. The van der Waals surface area contributed by atoms with E-state index < -0.39 is 79.5 Å². The molecule has 0 radical (unpaired) electrons. The van der Waals surface area contributed by atoms with Gasteiger partial charge < -0.3 is 64.2 Å². The maximum Gasteiger partial charge on any atom is 0.197 e. The zero-order chi connectivity index (χ0) is 29.6. The van der Waals surface area contributed by atoms with Gasteiger partial charge in [0.1, 0.15) is 82.8 Å². The minimum Gasteiger partial charge on any atom is -0.508 e. The van der Waals surface area contributed by atoms with Crippen LogP contribution in [0.15, 0.2) is 45.6 Å². The Hall–Kier alpha value is -3.31. The molecule has 2 aliphatic heterocycles. The van der Waals surface area contributed by atoms with E-state index in [0.717, 1.165) is 6.07 Å². The monoisotopic (exact) mass is 578 g/mol. The van der Waals surface area contributed by atoms with Crippen molar-refractivity contribution in [3.05, 3.63) is 52.2 Å². The number of rotatable bonds is 6. The van der Waals surface area contributed by atoms with Crippen molar-refractivity contribution in [1.82, 2.24) is 0 Å². The van der Waals surface area contributed by atoms with Gasteiger partial charge in [-0.2, -0.15) is 0 Å². The summed E-state index contributed by atoms with van der Waals surface area (Å²) in [5.41, 5.74) is -0.365. The molecule has 14 nitrogen and oxygen atoms in total. The molecule has 9 atom stereocenters. The van der Waals surface area contributed by atoms with E-state index in [1.807, 2.05) is 0 Å². The number of hydrogen-bond acceptors (Lipinski definition) is 14. The number of aliphatic hydroxyl groups excluding tert-OH is 6. The summed E-state index contributed by atoms with van der Waals surface area (Å²) in [6, 6.07) is 8.37. The molecule has 0 spiro atoms. The van der Waals surface area contributed by atoms with Gasteiger partial charge in [-0.3, -0.25) is 4.79 Å². The second-order valence-corrected chi connectivity index (χ2v) is 9.85. The second-order valence-electron chi connectivity index (χ2n) is 9.85. The first-order valence-electron chi connectivity index (χ1n) is 12.7. The van der Waals surface area contributed by atoms with Crippen LogP contribution in [0, 0.1) is 0 Å². The van der Waals surface area contributed by atoms with Crippen LogP contribution in [0.5, 0.6) is 17.2 Å². The van der Waals surface area contributed by atoms with Crippen molar-refractivity contribution in [3.63, 3.8) is 0 Å². The summed E-state index contributed by atoms with van der Waals surface area (Å²) in [6.07, 6.45) is -14.5. The highest BCUT2D eigenvalue weighted by molar-refractivity contribution is 5.88. The van der Waals surface area contributed by atoms with Crippen LogP contribution >= 0.6 is 0 Å². The fourth-order valence-electron chi connectivity index (χ4n) is 5.03. The minimum atomic E-state index is -1.84. The molecule has 0 saturated carbocycles. The van der Waals surface area contributed by atoms with E-state index in [-0.39, 0.29) is 33.8 Å². The zero-order valence-electron chi connectivity index (χ0n) is 21.6. The highest BCUT2D eigenvalue weighted by Gasteiger charge is 2.49. The van der Waals surface area contributed by atoms with Crippen LogP contribution in [0.3, 0.4) is 0 Å². The summed E-state index contributed by atoms with van der Waals surface area (Å²) in [7, 11) is 1.27. The van der Waals surface area contributed by atoms with Crippen molar-refractivity contribution in [3.8, 4) is 28.6 Å². The number of fused-ring (bicyclic) bond motifs is 1. The second kappa shape index (κ2) is 11.5. The molecule has 0 amide bonds. The Morgan fingerprint density at radius 1 is 0.951 bits per heavy atom. The SMILES string of the molecule is COc1cc2oc(-c3ccc(O)cc3)cc(=O)c2c(O)c1C1OCC(O)C(O)C1OC1OC(CO)C(O)C(O)C1O. The number of phenols is 2. The van der Waals surface area contributed by atoms with Gasteiger partial charge in [-0.1, -0.05) is 0 Å². The van der Waals surface area contributed by atoms with Gasteiger partial charge in [-0.15, -0.1) is 0 Å². The Morgan fingerprint density at radius 3 is 2.32 bits per heavy atom. The Kier molecular flexibility index (Phi) is 8.20. The average Bonchev–Trinajstić information content (AvgIpc) is 2.96. The van der Waals surface area contributed by atoms with Crippen LogP contribution in [-0.4, -0.2) is 110 Å². The third kappa shape index (κ3) is 5.25.